The highest BCUT2D eigenvalue weighted by Crippen LogP contribution is 2.24. The number of esters is 1. The summed E-state index contributed by atoms with van der Waals surface area (Å²) in [6.07, 6.45) is -1.24. The Morgan fingerprint density at radius 1 is 0.977 bits per heavy atom. The average molecular weight is 645 g/mol. The smallest absolute Gasteiger partial charge is 0.410 e. The normalized spacial score (nSPS) is 13.0. The zero-order valence-electron chi connectivity index (χ0n) is 25.2. The van der Waals surface area contributed by atoms with Gasteiger partial charge >= 0.3 is 12.1 Å². The Morgan fingerprint density at radius 3 is 2.25 bits per heavy atom. The maximum Gasteiger partial charge on any atom is 0.410 e. The predicted molar refractivity (Wildman–Crippen MR) is 165 cm³/mol. The summed E-state index contributed by atoms with van der Waals surface area (Å²) in [4.78, 5) is 38.5. The molecule has 0 spiro atoms. The summed E-state index contributed by atoms with van der Waals surface area (Å²) >= 11 is 6.06. The van der Waals surface area contributed by atoms with Crippen molar-refractivity contribution in [3.05, 3.63) is 94.5 Å². The van der Waals surface area contributed by atoms with Crippen LogP contribution in [0.4, 0.5) is 4.79 Å². The molecule has 0 heterocycles. The monoisotopic (exact) mass is 644 g/mol. The highest BCUT2D eigenvalue weighted by atomic mass is 35.5. The number of methoxy groups -OCH3 is 1. The molecule has 0 saturated heterocycles. The molecule has 2 atom stereocenters. The minimum absolute atomic E-state index is 0.0158. The van der Waals surface area contributed by atoms with E-state index in [2.05, 4.69) is 10.1 Å². The molecule has 44 heavy (non-hydrogen) atoms. The number of nitrogens with one attached hydrogen (secondary N) is 1. The Labute approximate surface area is 262 Å². The van der Waals surface area contributed by atoms with Gasteiger partial charge in [-0.25, -0.2) is 18.0 Å². The van der Waals surface area contributed by atoms with E-state index in [0.29, 0.717) is 17.0 Å². The Bertz CT molecular complexity index is 1590. The maximum atomic E-state index is 13.4. The van der Waals surface area contributed by atoms with E-state index in [1.807, 2.05) is 0 Å². The molecule has 0 saturated carbocycles. The minimum atomic E-state index is -3.98. The number of sulfone groups is 1. The van der Waals surface area contributed by atoms with E-state index in [0.717, 1.165) is 5.56 Å². The van der Waals surface area contributed by atoms with Crippen LogP contribution in [-0.2, 0) is 30.5 Å². The molecular formula is C32H37ClN2O8S. The molecule has 0 aromatic heterocycles. The Hall–Kier alpha value is -3.93. The molecule has 236 valence electrons. The van der Waals surface area contributed by atoms with Crippen LogP contribution >= 0.6 is 11.6 Å². The summed E-state index contributed by atoms with van der Waals surface area (Å²) in [6, 6.07) is 17.5. The molecule has 2 amide bonds. The third-order valence-electron chi connectivity index (χ3n) is 6.49. The number of aliphatic hydroxyl groups excluding tert-OH is 1. The summed E-state index contributed by atoms with van der Waals surface area (Å²) in [6.45, 7) is 6.87. The number of halogens is 1. The van der Waals surface area contributed by atoms with Gasteiger partial charge in [0.1, 0.15) is 11.6 Å². The van der Waals surface area contributed by atoms with E-state index in [-0.39, 0.29) is 28.4 Å². The first kappa shape index (κ1) is 34.6. The lowest BCUT2D eigenvalue weighted by Crippen LogP contribution is -2.40. The van der Waals surface area contributed by atoms with Gasteiger partial charge in [0.05, 0.1) is 29.5 Å². The van der Waals surface area contributed by atoms with Gasteiger partial charge in [-0.2, -0.15) is 0 Å². The Morgan fingerprint density at radius 2 is 1.64 bits per heavy atom. The molecule has 0 unspecified atom stereocenters. The molecule has 0 aliphatic rings. The van der Waals surface area contributed by atoms with Crippen molar-refractivity contribution in [2.45, 2.75) is 61.7 Å². The lowest BCUT2D eigenvalue weighted by Gasteiger charge is -2.29. The highest BCUT2D eigenvalue weighted by Gasteiger charge is 2.25. The van der Waals surface area contributed by atoms with E-state index in [1.54, 1.807) is 57.2 Å². The van der Waals surface area contributed by atoms with Crippen LogP contribution in [0.25, 0.3) is 0 Å². The molecule has 2 N–H and O–H groups in total. The van der Waals surface area contributed by atoms with E-state index in [4.69, 9.17) is 16.3 Å². The van der Waals surface area contributed by atoms with Crippen LogP contribution in [0.2, 0.25) is 5.02 Å². The second-order valence-electron chi connectivity index (χ2n) is 11.1. The number of nitrogens with zero attached hydrogens (tertiary/aromatic N) is 1. The summed E-state index contributed by atoms with van der Waals surface area (Å²) in [5.74, 6) is -1.25. The van der Waals surface area contributed by atoms with Crippen LogP contribution in [0.1, 0.15) is 55.3 Å². The van der Waals surface area contributed by atoms with Gasteiger partial charge in [-0.1, -0.05) is 41.9 Å². The first-order valence-corrected chi connectivity index (χ1v) is 15.7. The quantitative estimate of drug-likeness (QED) is 0.279. The number of carbonyl (C=O) groups is 3. The zero-order chi connectivity index (χ0) is 32.7. The van der Waals surface area contributed by atoms with Crippen molar-refractivity contribution in [3.63, 3.8) is 0 Å². The highest BCUT2D eigenvalue weighted by molar-refractivity contribution is 7.91. The SMILES string of the molecule is COC(=O)[C@@H](C)NC(=O)c1cccc(S(=O)(=O)c2ccc(CCN(C[C@H](O)c3cccc(Cl)c3)C(=O)OC(C)(C)C)cc2)c1. The van der Waals surface area contributed by atoms with Crippen molar-refractivity contribution in [2.75, 3.05) is 20.2 Å². The third kappa shape index (κ3) is 9.54. The molecule has 0 radical (unpaired) electrons. The standard InChI is InChI=1S/C32H37ClN2O8S/c1-21(30(38)42-5)34-29(37)24-9-7-11-27(19-24)44(40,41)26-14-12-22(13-15-26)16-17-35(31(39)43-32(2,3)4)20-28(36)23-8-6-10-25(33)18-23/h6-15,18-19,21,28,36H,16-17,20H2,1-5H3,(H,34,37)/t21-,28+/m1/s1. The fourth-order valence-electron chi connectivity index (χ4n) is 4.17. The van der Waals surface area contributed by atoms with Crippen molar-refractivity contribution < 1.29 is 37.4 Å². The Kier molecular flexibility index (Phi) is 11.5. The number of rotatable bonds is 11. The predicted octanol–water partition coefficient (Wildman–Crippen LogP) is 4.98. The third-order valence-corrected chi connectivity index (χ3v) is 8.49. The van der Waals surface area contributed by atoms with Crippen LogP contribution in [0.5, 0.6) is 0 Å². The molecule has 0 aliphatic carbocycles. The van der Waals surface area contributed by atoms with E-state index in [1.165, 1.54) is 55.3 Å². The van der Waals surface area contributed by atoms with Gasteiger partial charge in [0.2, 0.25) is 9.84 Å². The van der Waals surface area contributed by atoms with Crippen LogP contribution < -0.4 is 5.32 Å². The molecule has 0 bridgehead atoms. The number of ether oxygens (including phenoxy) is 2. The van der Waals surface area contributed by atoms with E-state index in [9.17, 15) is 27.9 Å². The van der Waals surface area contributed by atoms with Crippen molar-refractivity contribution in [3.8, 4) is 0 Å². The van der Waals surface area contributed by atoms with Crippen LogP contribution in [0, 0.1) is 0 Å². The summed E-state index contributed by atoms with van der Waals surface area (Å²) < 4.78 is 36.9. The van der Waals surface area contributed by atoms with Crippen molar-refractivity contribution >= 4 is 39.4 Å². The lowest BCUT2D eigenvalue weighted by atomic mass is 10.1. The van der Waals surface area contributed by atoms with Gasteiger partial charge in [0, 0.05) is 17.1 Å². The summed E-state index contributed by atoms with van der Waals surface area (Å²) in [5.41, 5.74) is 0.629. The molecule has 0 fully saturated rings. The first-order valence-electron chi connectivity index (χ1n) is 13.8. The van der Waals surface area contributed by atoms with E-state index >= 15 is 0 Å². The zero-order valence-corrected chi connectivity index (χ0v) is 26.8. The van der Waals surface area contributed by atoms with Crippen molar-refractivity contribution in [2.24, 2.45) is 0 Å². The fraction of sp³-hybridized carbons (Fsp3) is 0.344. The minimum Gasteiger partial charge on any atom is -0.467 e. The molecule has 3 rings (SSSR count). The molecular weight excluding hydrogens is 608 g/mol. The molecule has 0 aliphatic heterocycles. The van der Waals surface area contributed by atoms with Gasteiger partial charge in [-0.3, -0.25) is 4.79 Å². The number of carbonyl (C=O) groups excluding carboxylic acids is 3. The van der Waals surface area contributed by atoms with Crippen LogP contribution in [-0.4, -0.2) is 68.2 Å². The van der Waals surface area contributed by atoms with Crippen molar-refractivity contribution in [1.82, 2.24) is 10.2 Å². The van der Waals surface area contributed by atoms with Gasteiger partial charge in [-0.05, 0) is 87.7 Å². The van der Waals surface area contributed by atoms with E-state index < -0.39 is 45.6 Å². The molecule has 3 aromatic carbocycles. The van der Waals surface area contributed by atoms with Gasteiger partial charge in [-0.15, -0.1) is 0 Å². The topological polar surface area (TPSA) is 139 Å². The van der Waals surface area contributed by atoms with Gasteiger partial charge in [0.15, 0.2) is 0 Å². The second-order valence-corrected chi connectivity index (χ2v) is 13.5. The number of hydrogen-bond acceptors (Lipinski definition) is 8. The summed E-state index contributed by atoms with van der Waals surface area (Å²) in [5, 5.41) is 13.7. The maximum absolute atomic E-state index is 13.4. The number of aliphatic hydroxyl groups is 1. The molecule has 10 nitrogen and oxygen atoms in total. The number of benzene rings is 3. The van der Waals surface area contributed by atoms with Crippen LogP contribution in [0.15, 0.2) is 82.6 Å². The molecule has 12 heteroatoms. The largest absolute Gasteiger partial charge is 0.467 e. The van der Waals surface area contributed by atoms with Gasteiger partial charge < -0.3 is 24.8 Å². The van der Waals surface area contributed by atoms with Crippen molar-refractivity contribution in [1.29, 1.82) is 0 Å². The second kappa shape index (κ2) is 14.7. The Balaban J connectivity index is 1.74. The average Bonchev–Trinajstić information content (AvgIpc) is 2.97. The van der Waals surface area contributed by atoms with Gasteiger partial charge in [0.25, 0.3) is 5.91 Å². The fourth-order valence-corrected chi connectivity index (χ4v) is 5.67. The lowest BCUT2D eigenvalue weighted by molar-refractivity contribution is -0.142. The first-order chi connectivity index (χ1) is 20.6. The van der Waals surface area contributed by atoms with Crippen LogP contribution in [0.3, 0.4) is 0 Å². The molecule has 3 aromatic rings. The number of hydrogen-bond donors (Lipinski definition) is 2. The number of amides is 2. The summed E-state index contributed by atoms with van der Waals surface area (Å²) in [7, 11) is -2.77.